The number of hydrogen-bond donors (Lipinski definition) is 3. The number of nitrogens with one attached hydrogen (secondary N) is 1. The Kier molecular flexibility index (Phi) is 3.90. The number of nitrogens with two attached hydrogens (primary N) is 1. The second-order valence-electron chi connectivity index (χ2n) is 5.05. The van der Waals surface area contributed by atoms with Gasteiger partial charge in [-0.05, 0) is 31.0 Å². The average molecular weight is 260 g/mol. The van der Waals surface area contributed by atoms with Crippen molar-refractivity contribution in [3.05, 3.63) is 35.5 Å². The predicted molar refractivity (Wildman–Crippen MR) is 76.3 cm³/mol. The number of hydrogen-bond acceptors (Lipinski definition) is 2. The summed E-state index contributed by atoms with van der Waals surface area (Å²) in [7, 11) is 0. The zero-order valence-corrected chi connectivity index (χ0v) is 11.3. The SMILES string of the molecule is CCC[C@@H](c1c[nH]c2ccc(C)cc12)[C@H](N)C(=O)O. The molecule has 19 heavy (non-hydrogen) atoms. The van der Waals surface area contributed by atoms with E-state index in [9.17, 15) is 4.79 Å². The highest BCUT2D eigenvalue weighted by atomic mass is 16.4. The molecule has 1 aromatic heterocycles. The van der Waals surface area contributed by atoms with Crippen molar-refractivity contribution in [1.29, 1.82) is 0 Å². The molecule has 2 aromatic rings. The van der Waals surface area contributed by atoms with Crippen LogP contribution in [0.4, 0.5) is 0 Å². The van der Waals surface area contributed by atoms with Crippen LogP contribution in [0.1, 0.15) is 36.8 Å². The van der Waals surface area contributed by atoms with Gasteiger partial charge in [0.25, 0.3) is 0 Å². The van der Waals surface area contributed by atoms with Crippen LogP contribution < -0.4 is 5.73 Å². The Morgan fingerprint density at radius 3 is 2.84 bits per heavy atom. The van der Waals surface area contributed by atoms with E-state index in [1.54, 1.807) is 0 Å². The van der Waals surface area contributed by atoms with Crippen molar-refractivity contribution in [2.45, 2.75) is 38.6 Å². The van der Waals surface area contributed by atoms with Gasteiger partial charge in [0.1, 0.15) is 6.04 Å². The third-order valence-electron chi connectivity index (χ3n) is 3.59. The third-order valence-corrected chi connectivity index (χ3v) is 3.59. The molecule has 0 aliphatic heterocycles. The van der Waals surface area contributed by atoms with Gasteiger partial charge in [-0.2, -0.15) is 0 Å². The molecule has 0 saturated carbocycles. The van der Waals surface area contributed by atoms with Crippen molar-refractivity contribution in [2.24, 2.45) is 5.73 Å². The quantitative estimate of drug-likeness (QED) is 0.773. The second-order valence-corrected chi connectivity index (χ2v) is 5.05. The zero-order valence-electron chi connectivity index (χ0n) is 11.3. The number of carboxylic acids is 1. The molecule has 1 aromatic carbocycles. The maximum atomic E-state index is 11.2. The molecule has 102 valence electrons. The lowest BCUT2D eigenvalue weighted by Crippen LogP contribution is -2.36. The first-order valence-corrected chi connectivity index (χ1v) is 6.60. The number of carbonyl (C=O) groups is 1. The Hall–Kier alpha value is -1.81. The van der Waals surface area contributed by atoms with Crippen molar-refractivity contribution in [2.75, 3.05) is 0 Å². The van der Waals surface area contributed by atoms with E-state index in [-0.39, 0.29) is 5.92 Å². The maximum Gasteiger partial charge on any atom is 0.321 e. The van der Waals surface area contributed by atoms with Crippen LogP contribution in [0.2, 0.25) is 0 Å². The number of H-pyrrole nitrogens is 1. The summed E-state index contributed by atoms with van der Waals surface area (Å²) >= 11 is 0. The van der Waals surface area contributed by atoms with Gasteiger partial charge in [-0.1, -0.05) is 25.0 Å². The molecule has 2 atom stereocenters. The van der Waals surface area contributed by atoms with E-state index in [4.69, 9.17) is 10.8 Å². The molecule has 0 fully saturated rings. The van der Waals surface area contributed by atoms with E-state index >= 15 is 0 Å². The number of fused-ring (bicyclic) bond motifs is 1. The molecular formula is C15H20N2O2. The van der Waals surface area contributed by atoms with E-state index in [0.29, 0.717) is 0 Å². The molecular weight excluding hydrogens is 240 g/mol. The van der Waals surface area contributed by atoms with E-state index < -0.39 is 12.0 Å². The van der Waals surface area contributed by atoms with Gasteiger partial charge in [0.05, 0.1) is 0 Å². The second kappa shape index (κ2) is 5.45. The predicted octanol–water partition coefficient (Wildman–Crippen LogP) is 2.77. The summed E-state index contributed by atoms with van der Waals surface area (Å²) in [5.41, 5.74) is 9.05. The molecule has 4 N–H and O–H groups in total. The number of rotatable bonds is 5. The van der Waals surface area contributed by atoms with Crippen molar-refractivity contribution in [1.82, 2.24) is 4.98 Å². The van der Waals surface area contributed by atoms with Crippen LogP contribution in [0.5, 0.6) is 0 Å². The highest BCUT2D eigenvalue weighted by Crippen LogP contribution is 2.31. The normalized spacial score (nSPS) is 14.5. The number of benzene rings is 1. The van der Waals surface area contributed by atoms with Crippen LogP contribution in [0, 0.1) is 6.92 Å². The van der Waals surface area contributed by atoms with Crippen LogP contribution in [0.25, 0.3) is 10.9 Å². The van der Waals surface area contributed by atoms with Gasteiger partial charge in [0.15, 0.2) is 0 Å². The highest BCUT2D eigenvalue weighted by Gasteiger charge is 2.27. The van der Waals surface area contributed by atoms with Crippen LogP contribution in [-0.2, 0) is 4.79 Å². The minimum absolute atomic E-state index is 0.155. The fourth-order valence-electron chi connectivity index (χ4n) is 2.57. The van der Waals surface area contributed by atoms with Gasteiger partial charge >= 0.3 is 5.97 Å². The van der Waals surface area contributed by atoms with Crippen LogP contribution in [-0.4, -0.2) is 22.1 Å². The topological polar surface area (TPSA) is 79.1 Å². The summed E-state index contributed by atoms with van der Waals surface area (Å²) in [5.74, 6) is -1.10. The minimum atomic E-state index is -0.944. The Morgan fingerprint density at radius 2 is 2.21 bits per heavy atom. The van der Waals surface area contributed by atoms with Gasteiger partial charge in [0.2, 0.25) is 0 Å². The standard InChI is InChI=1S/C15H20N2O2/c1-3-4-10(14(16)15(18)19)12-8-17-13-6-5-9(2)7-11(12)13/h5-8,10,14,17H,3-4,16H2,1-2H3,(H,18,19)/t10-,14-/m0/s1. The van der Waals surface area contributed by atoms with Crippen molar-refractivity contribution in [3.63, 3.8) is 0 Å². The molecule has 4 nitrogen and oxygen atoms in total. The lowest BCUT2D eigenvalue weighted by molar-refractivity contribution is -0.139. The Balaban J connectivity index is 2.49. The number of carboxylic acid groups (broad SMARTS) is 1. The van der Waals surface area contributed by atoms with Crippen LogP contribution >= 0.6 is 0 Å². The molecule has 0 bridgehead atoms. The van der Waals surface area contributed by atoms with Gasteiger partial charge in [-0.3, -0.25) is 4.79 Å². The monoisotopic (exact) mass is 260 g/mol. The molecule has 1 heterocycles. The first-order valence-electron chi connectivity index (χ1n) is 6.60. The largest absolute Gasteiger partial charge is 0.480 e. The molecule has 0 radical (unpaired) electrons. The van der Waals surface area contributed by atoms with E-state index in [1.807, 2.05) is 32.2 Å². The Labute approximate surface area is 112 Å². The smallest absolute Gasteiger partial charge is 0.321 e. The molecule has 2 rings (SSSR count). The van der Waals surface area contributed by atoms with E-state index in [1.165, 1.54) is 0 Å². The van der Waals surface area contributed by atoms with E-state index in [2.05, 4.69) is 11.1 Å². The summed E-state index contributed by atoms with van der Waals surface area (Å²) in [5, 5.41) is 10.2. The van der Waals surface area contributed by atoms with Gasteiger partial charge < -0.3 is 15.8 Å². The fourth-order valence-corrected chi connectivity index (χ4v) is 2.57. The third kappa shape index (κ3) is 2.63. The Morgan fingerprint density at radius 1 is 1.47 bits per heavy atom. The fraction of sp³-hybridized carbons (Fsp3) is 0.400. The van der Waals surface area contributed by atoms with Crippen molar-refractivity contribution >= 4 is 16.9 Å². The number of aromatic nitrogens is 1. The minimum Gasteiger partial charge on any atom is -0.480 e. The molecule has 0 unspecified atom stereocenters. The molecule has 0 amide bonds. The molecule has 0 spiro atoms. The summed E-state index contributed by atoms with van der Waals surface area (Å²) < 4.78 is 0. The van der Waals surface area contributed by atoms with Crippen LogP contribution in [0.3, 0.4) is 0 Å². The lowest BCUT2D eigenvalue weighted by Gasteiger charge is -2.20. The summed E-state index contributed by atoms with van der Waals surface area (Å²) in [6.07, 6.45) is 3.58. The summed E-state index contributed by atoms with van der Waals surface area (Å²) in [6, 6.07) is 5.27. The molecule has 0 saturated heterocycles. The molecule has 0 aliphatic rings. The van der Waals surface area contributed by atoms with E-state index in [0.717, 1.165) is 34.9 Å². The first kappa shape index (κ1) is 13.6. The summed E-state index contributed by atoms with van der Waals surface area (Å²) in [4.78, 5) is 14.4. The Bertz CT molecular complexity index is 589. The number of aliphatic carboxylic acids is 1. The van der Waals surface area contributed by atoms with Crippen LogP contribution in [0.15, 0.2) is 24.4 Å². The number of aryl methyl sites for hydroxylation is 1. The van der Waals surface area contributed by atoms with Gasteiger partial charge in [0, 0.05) is 23.0 Å². The summed E-state index contributed by atoms with van der Waals surface area (Å²) in [6.45, 7) is 4.07. The van der Waals surface area contributed by atoms with Gasteiger partial charge in [-0.15, -0.1) is 0 Å². The van der Waals surface area contributed by atoms with Crippen molar-refractivity contribution < 1.29 is 9.90 Å². The average Bonchev–Trinajstić information content (AvgIpc) is 2.77. The maximum absolute atomic E-state index is 11.2. The number of aromatic amines is 1. The van der Waals surface area contributed by atoms with Crippen molar-refractivity contribution in [3.8, 4) is 0 Å². The van der Waals surface area contributed by atoms with Gasteiger partial charge in [-0.25, -0.2) is 0 Å². The highest BCUT2D eigenvalue weighted by molar-refractivity contribution is 5.86. The first-order chi connectivity index (χ1) is 9.04. The lowest BCUT2D eigenvalue weighted by atomic mass is 9.87. The zero-order chi connectivity index (χ0) is 14.0. The molecule has 0 aliphatic carbocycles. The molecule has 4 heteroatoms.